The Balaban J connectivity index is 1.63. The molecule has 5 rings (SSSR count). The van der Waals surface area contributed by atoms with Gasteiger partial charge >= 0.3 is 0 Å². The molecule has 0 unspecified atom stereocenters. The number of rotatable bonds is 4. The number of hydrogen-bond donors (Lipinski definition) is 1. The Hall–Kier alpha value is -4.25. The molecule has 8 heteroatoms. The quantitative estimate of drug-likeness (QED) is 0.508. The van der Waals surface area contributed by atoms with Crippen LogP contribution in [-0.2, 0) is 0 Å². The number of benzene rings is 2. The van der Waals surface area contributed by atoms with E-state index in [4.69, 9.17) is 24.2 Å². The number of nitriles is 1. The average molecular weight is 427 g/mol. The van der Waals surface area contributed by atoms with Crippen LogP contribution >= 0.6 is 0 Å². The van der Waals surface area contributed by atoms with Crippen molar-refractivity contribution in [3.63, 3.8) is 0 Å². The fraction of sp³-hybridized carbons (Fsp3) is 0.208. The Labute approximate surface area is 185 Å². The molecule has 8 nitrogen and oxygen atoms in total. The molecule has 32 heavy (non-hydrogen) atoms. The van der Waals surface area contributed by atoms with Gasteiger partial charge in [0.25, 0.3) is 0 Å². The molecule has 0 amide bonds. The monoisotopic (exact) mass is 427 g/mol. The summed E-state index contributed by atoms with van der Waals surface area (Å²) in [6, 6.07) is 13.5. The Bertz CT molecular complexity index is 1390. The van der Waals surface area contributed by atoms with Crippen LogP contribution in [0.2, 0.25) is 0 Å². The van der Waals surface area contributed by atoms with Crippen molar-refractivity contribution in [1.29, 1.82) is 5.26 Å². The van der Waals surface area contributed by atoms with E-state index in [1.165, 1.54) is 0 Å². The highest BCUT2D eigenvalue weighted by Crippen LogP contribution is 2.47. The highest BCUT2D eigenvalue weighted by molar-refractivity contribution is 6.00. The third kappa shape index (κ3) is 2.98. The van der Waals surface area contributed by atoms with Crippen LogP contribution < -0.4 is 19.1 Å². The highest BCUT2D eigenvalue weighted by Gasteiger charge is 2.26. The van der Waals surface area contributed by atoms with Gasteiger partial charge in [-0.05, 0) is 50.2 Å². The van der Waals surface area contributed by atoms with E-state index < -0.39 is 0 Å². The molecule has 0 saturated heterocycles. The Kier molecular flexibility index (Phi) is 4.59. The number of methoxy groups -OCH3 is 1. The summed E-state index contributed by atoms with van der Waals surface area (Å²) >= 11 is 0. The second-order valence-electron chi connectivity index (χ2n) is 7.55. The summed E-state index contributed by atoms with van der Waals surface area (Å²) in [5.74, 6) is 2.43. The molecule has 2 aromatic carbocycles. The molecular formula is C24H21N5O3. The second kappa shape index (κ2) is 7.46. The first-order valence-corrected chi connectivity index (χ1v) is 10.1. The van der Waals surface area contributed by atoms with E-state index in [1.807, 2.05) is 56.1 Å². The third-order valence-corrected chi connectivity index (χ3v) is 5.68. The average Bonchev–Trinajstić information content (AvgIpc) is 3.43. The lowest BCUT2D eigenvalue weighted by atomic mass is 9.99. The molecular weight excluding hydrogens is 406 g/mol. The molecule has 0 radical (unpaired) electrons. The zero-order valence-electron chi connectivity index (χ0n) is 18.2. The van der Waals surface area contributed by atoms with Crippen molar-refractivity contribution < 1.29 is 14.2 Å². The first-order valence-electron chi connectivity index (χ1n) is 10.1. The molecule has 3 heterocycles. The minimum absolute atomic E-state index is 0.0920. The van der Waals surface area contributed by atoms with Crippen LogP contribution in [0.5, 0.6) is 17.2 Å². The fourth-order valence-corrected chi connectivity index (χ4v) is 4.06. The summed E-state index contributed by atoms with van der Waals surface area (Å²) < 4.78 is 16.5. The Morgan fingerprint density at radius 1 is 1.06 bits per heavy atom. The van der Waals surface area contributed by atoms with Crippen molar-refractivity contribution in [1.82, 2.24) is 15.0 Å². The SMILES string of the molecule is COc1ccc(N(C)c2nc(C)c3c(-c4ccc(C#N)c5c4OCO5)c(C)[nH]c3n2)cc1. The van der Waals surface area contributed by atoms with Crippen LogP contribution in [0.4, 0.5) is 11.6 Å². The van der Waals surface area contributed by atoms with Crippen LogP contribution in [0.15, 0.2) is 36.4 Å². The molecule has 0 aliphatic carbocycles. The first-order chi connectivity index (χ1) is 15.5. The zero-order chi connectivity index (χ0) is 22.4. The molecule has 0 saturated carbocycles. The number of aryl methyl sites for hydroxylation is 2. The third-order valence-electron chi connectivity index (χ3n) is 5.68. The fourth-order valence-electron chi connectivity index (χ4n) is 4.06. The Morgan fingerprint density at radius 3 is 2.53 bits per heavy atom. The minimum atomic E-state index is 0.0920. The van der Waals surface area contributed by atoms with Crippen LogP contribution in [0.1, 0.15) is 17.0 Å². The van der Waals surface area contributed by atoms with Gasteiger partial charge in [-0.2, -0.15) is 10.2 Å². The number of hydrogen-bond acceptors (Lipinski definition) is 7. The van der Waals surface area contributed by atoms with Gasteiger partial charge in [0.15, 0.2) is 11.5 Å². The molecule has 1 aliphatic heterocycles. The standard InChI is InChI=1S/C24H21N5O3/c1-13-19(18-10-5-15(11-25)21-22(18)32-12-31-21)20-14(2)27-24(28-23(20)26-13)29(3)16-6-8-17(30-4)9-7-16/h5-10H,12H2,1-4H3,(H,26,27,28). The van der Waals surface area contributed by atoms with Crippen LogP contribution in [-0.4, -0.2) is 35.9 Å². The zero-order valence-corrected chi connectivity index (χ0v) is 18.2. The normalized spacial score (nSPS) is 12.1. The number of H-pyrrole nitrogens is 1. The highest BCUT2D eigenvalue weighted by atomic mass is 16.7. The lowest BCUT2D eigenvalue weighted by Crippen LogP contribution is -2.13. The van der Waals surface area contributed by atoms with E-state index in [9.17, 15) is 5.26 Å². The van der Waals surface area contributed by atoms with Gasteiger partial charge in [0.2, 0.25) is 12.7 Å². The molecule has 0 fully saturated rings. The lowest BCUT2D eigenvalue weighted by Gasteiger charge is -2.18. The Morgan fingerprint density at radius 2 is 1.81 bits per heavy atom. The molecule has 2 aromatic heterocycles. The van der Waals surface area contributed by atoms with E-state index in [0.717, 1.165) is 45.0 Å². The molecule has 0 atom stereocenters. The first kappa shape index (κ1) is 19.7. The number of nitrogens with one attached hydrogen (secondary N) is 1. The van der Waals surface area contributed by atoms with E-state index in [-0.39, 0.29) is 6.79 Å². The molecule has 160 valence electrons. The summed E-state index contributed by atoms with van der Waals surface area (Å²) in [4.78, 5) is 14.9. The van der Waals surface area contributed by atoms with E-state index in [2.05, 4.69) is 11.1 Å². The maximum atomic E-state index is 9.38. The molecule has 1 aliphatic rings. The number of ether oxygens (including phenoxy) is 3. The summed E-state index contributed by atoms with van der Waals surface area (Å²) in [5.41, 5.74) is 5.70. The van der Waals surface area contributed by atoms with E-state index >= 15 is 0 Å². The largest absolute Gasteiger partial charge is 0.497 e. The maximum absolute atomic E-state index is 9.38. The van der Waals surface area contributed by atoms with Crippen LogP contribution in [0, 0.1) is 25.2 Å². The van der Waals surface area contributed by atoms with Crippen molar-refractivity contribution >= 4 is 22.7 Å². The van der Waals surface area contributed by atoms with Gasteiger partial charge in [0.1, 0.15) is 17.5 Å². The van der Waals surface area contributed by atoms with Gasteiger partial charge in [-0.25, -0.2) is 4.98 Å². The van der Waals surface area contributed by atoms with Crippen LogP contribution in [0.3, 0.4) is 0 Å². The number of fused-ring (bicyclic) bond motifs is 2. The van der Waals surface area contributed by atoms with Crippen molar-refractivity contribution in [2.75, 3.05) is 25.9 Å². The van der Waals surface area contributed by atoms with Crippen molar-refractivity contribution in [2.45, 2.75) is 13.8 Å². The van der Waals surface area contributed by atoms with Gasteiger partial charge in [-0.3, -0.25) is 0 Å². The number of aromatic nitrogens is 3. The van der Waals surface area contributed by atoms with Gasteiger partial charge in [0.05, 0.1) is 18.4 Å². The minimum Gasteiger partial charge on any atom is -0.497 e. The van der Waals surface area contributed by atoms with Crippen molar-refractivity contribution in [2.24, 2.45) is 0 Å². The number of anilines is 2. The summed E-state index contributed by atoms with van der Waals surface area (Å²) in [7, 11) is 3.57. The van der Waals surface area contributed by atoms with E-state index in [0.29, 0.717) is 23.0 Å². The van der Waals surface area contributed by atoms with Crippen LogP contribution in [0.25, 0.3) is 22.2 Å². The topological polar surface area (TPSA) is 96.3 Å². The molecule has 1 N–H and O–H groups in total. The number of aromatic amines is 1. The molecule has 0 spiro atoms. The lowest BCUT2D eigenvalue weighted by molar-refractivity contribution is 0.174. The predicted octanol–water partition coefficient (Wildman–Crippen LogP) is 4.62. The maximum Gasteiger partial charge on any atom is 0.231 e. The summed E-state index contributed by atoms with van der Waals surface area (Å²) in [6.45, 7) is 4.05. The number of nitrogens with zero attached hydrogens (tertiary/aromatic N) is 4. The van der Waals surface area contributed by atoms with Gasteiger partial charge in [-0.15, -0.1) is 0 Å². The summed E-state index contributed by atoms with van der Waals surface area (Å²) in [5, 5.41) is 10.3. The molecule has 0 bridgehead atoms. The summed E-state index contributed by atoms with van der Waals surface area (Å²) in [6.07, 6.45) is 0. The predicted molar refractivity (Wildman–Crippen MR) is 121 cm³/mol. The van der Waals surface area contributed by atoms with Gasteiger partial charge in [-0.1, -0.05) is 0 Å². The van der Waals surface area contributed by atoms with Crippen molar-refractivity contribution in [3.05, 3.63) is 53.3 Å². The van der Waals surface area contributed by atoms with Crippen molar-refractivity contribution in [3.8, 4) is 34.4 Å². The van der Waals surface area contributed by atoms with E-state index in [1.54, 1.807) is 13.2 Å². The second-order valence-corrected chi connectivity index (χ2v) is 7.55. The van der Waals surface area contributed by atoms with Gasteiger partial charge < -0.3 is 24.1 Å². The van der Waals surface area contributed by atoms with Gasteiger partial charge in [0, 0.05) is 34.9 Å². The molecule has 4 aromatic rings. The smallest absolute Gasteiger partial charge is 0.231 e.